The summed E-state index contributed by atoms with van der Waals surface area (Å²) in [6, 6.07) is 0. The van der Waals surface area contributed by atoms with Gasteiger partial charge in [0.15, 0.2) is 0 Å². The average Bonchev–Trinajstić information content (AvgIpc) is 2.67. The quantitative estimate of drug-likeness (QED) is 0.720. The number of likely N-dealkylation sites (N-methyl/N-ethyl adjacent to an activating group) is 2. The normalized spacial score (nSPS) is 12.6. The van der Waals surface area contributed by atoms with E-state index in [1.807, 2.05) is 19.0 Å². The van der Waals surface area contributed by atoms with E-state index in [2.05, 4.69) is 10.2 Å². The van der Waals surface area contributed by atoms with Crippen LogP contribution in [0.15, 0.2) is 4.90 Å². The highest BCUT2D eigenvalue weighted by Crippen LogP contribution is 2.20. The van der Waals surface area contributed by atoms with Gasteiger partial charge in [-0.15, -0.1) is 0 Å². The highest BCUT2D eigenvalue weighted by molar-refractivity contribution is 7.89. The van der Waals surface area contributed by atoms with Gasteiger partial charge >= 0.3 is 0 Å². The summed E-state index contributed by atoms with van der Waals surface area (Å²) in [5, 5.41) is 6.58. The first-order valence-corrected chi connectivity index (χ1v) is 7.09. The summed E-state index contributed by atoms with van der Waals surface area (Å²) in [6.45, 7) is 2.85. The van der Waals surface area contributed by atoms with Crippen molar-refractivity contribution in [3.63, 3.8) is 0 Å². The molecule has 8 heteroatoms. The molecule has 18 heavy (non-hydrogen) atoms. The first kappa shape index (κ1) is 15.1. The van der Waals surface area contributed by atoms with Gasteiger partial charge in [-0.1, -0.05) is 0 Å². The average molecular weight is 275 g/mol. The summed E-state index contributed by atoms with van der Waals surface area (Å²) in [6.07, 6.45) is 0. The molecule has 1 heterocycles. The van der Waals surface area contributed by atoms with E-state index in [9.17, 15) is 8.42 Å². The van der Waals surface area contributed by atoms with Gasteiger partial charge in [-0.3, -0.25) is 5.10 Å². The number of H-pyrrole nitrogens is 1. The molecule has 0 radical (unpaired) electrons. The van der Waals surface area contributed by atoms with Gasteiger partial charge < -0.3 is 10.6 Å². The third-order valence-corrected chi connectivity index (χ3v) is 4.75. The Morgan fingerprint density at radius 1 is 1.28 bits per heavy atom. The molecule has 104 valence electrons. The number of nitrogens with one attached hydrogen (secondary N) is 1. The van der Waals surface area contributed by atoms with Gasteiger partial charge in [-0.05, 0) is 21.0 Å². The van der Waals surface area contributed by atoms with Crippen molar-refractivity contribution in [3.8, 4) is 0 Å². The highest BCUT2D eigenvalue weighted by Gasteiger charge is 2.27. The maximum atomic E-state index is 12.4. The Hall–Kier alpha value is -0.960. The first-order chi connectivity index (χ1) is 8.30. The van der Waals surface area contributed by atoms with Crippen molar-refractivity contribution in [1.82, 2.24) is 19.4 Å². The number of hydrogen-bond donors (Lipinski definition) is 2. The van der Waals surface area contributed by atoms with Crippen molar-refractivity contribution >= 4 is 10.0 Å². The van der Waals surface area contributed by atoms with Crippen LogP contribution in [0.4, 0.5) is 0 Å². The molecule has 0 amide bonds. The second-order valence-electron chi connectivity index (χ2n) is 4.46. The van der Waals surface area contributed by atoms with Crippen LogP contribution in [-0.2, 0) is 16.6 Å². The zero-order valence-electron chi connectivity index (χ0n) is 11.3. The summed E-state index contributed by atoms with van der Waals surface area (Å²) in [7, 11) is 1.82. The Balaban J connectivity index is 3.02. The number of aryl methyl sites for hydroxylation is 1. The molecule has 3 N–H and O–H groups in total. The minimum Gasteiger partial charge on any atom is -0.325 e. The summed E-state index contributed by atoms with van der Waals surface area (Å²) in [4.78, 5) is 2.13. The van der Waals surface area contributed by atoms with Crippen LogP contribution in [0.3, 0.4) is 0 Å². The Bertz CT molecular complexity index is 494. The molecule has 0 bridgehead atoms. The van der Waals surface area contributed by atoms with E-state index in [1.54, 1.807) is 14.0 Å². The van der Waals surface area contributed by atoms with E-state index in [0.29, 0.717) is 24.5 Å². The Morgan fingerprint density at radius 2 is 1.89 bits per heavy atom. The molecule has 0 saturated carbocycles. The molecule has 0 unspecified atom stereocenters. The van der Waals surface area contributed by atoms with E-state index in [0.717, 1.165) is 0 Å². The molecule has 7 nitrogen and oxygen atoms in total. The van der Waals surface area contributed by atoms with Gasteiger partial charge in [0.2, 0.25) is 10.0 Å². The van der Waals surface area contributed by atoms with Crippen molar-refractivity contribution in [2.24, 2.45) is 5.73 Å². The first-order valence-electron chi connectivity index (χ1n) is 5.65. The fourth-order valence-corrected chi connectivity index (χ4v) is 3.06. The Kier molecular flexibility index (Phi) is 4.85. The second kappa shape index (κ2) is 5.79. The second-order valence-corrected chi connectivity index (χ2v) is 6.44. The monoisotopic (exact) mass is 275 g/mol. The summed E-state index contributed by atoms with van der Waals surface area (Å²) < 4.78 is 26.1. The van der Waals surface area contributed by atoms with Crippen molar-refractivity contribution in [2.75, 3.05) is 34.2 Å². The zero-order chi connectivity index (χ0) is 13.9. The van der Waals surface area contributed by atoms with Crippen molar-refractivity contribution < 1.29 is 8.42 Å². The maximum Gasteiger partial charge on any atom is 0.246 e. The molecule has 1 aromatic rings. The standard InChI is InChI=1S/C10H21N5O2S/c1-8-10(9(7-11)13-12-8)18(16,17)15(4)6-5-14(2)3/h5-7,11H2,1-4H3,(H,12,13). The fourth-order valence-electron chi connectivity index (χ4n) is 1.57. The highest BCUT2D eigenvalue weighted by atomic mass is 32.2. The summed E-state index contributed by atoms with van der Waals surface area (Å²) in [5.74, 6) is 0. The van der Waals surface area contributed by atoms with E-state index in [1.165, 1.54) is 4.31 Å². The number of nitrogens with zero attached hydrogens (tertiary/aromatic N) is 3. The summed E-state index contributed by atoms with van der Waals surface area (Å²) >= 11 is 0. The Labute approximate surface area is 108 Å². The largest absolute Gasteiger partial charge is 0.325 e. The van der Waals surface area contributed by atoms with Gasteiger partial charge in [-0.25, -0.2) is 8.42 Å². The van der Waals surface area contributed by atoms with Gasteiger partial charge in [0.25, 0.3) is 0 Å². The van der Waals surface area contributed by atoms with E-state index >= 15 is 0 Å². The van der Waals surface area contributed by atoms with Crippen molar-refractivity contribution in [1.29, 1.82) is 0 Å². The minimum atomic E-state index is -3.53. The molecule has 1 rings (SSSR count). The lowest BCUT2D eigenvalue weighted by Gasteiger charge is -2.19. The lowest BCUT2D eigenvalue weighted by Crippen LogP contribution is -2.34. The van der Waals surface area contributed by atoms with Crippen LogP contribution in [0.1, 0.15) is 11.4 Å². The molecule has 0 atom stereocenters. The van der Waals surface area contributed by atoms with Crippen LogP contribution in [0.2, 0.25) is 0 Å². The molecule has 0 aliphatic carbocycles. The maximum absolute atomic E-state index is 12.4. The molecular weight excluding hydrogens is 254 g/mol. The number of hydrogen-bond acceptors (Lipinski definition) is 5. The number of sulfonamides is 1. The minimum absolute atomic E-state index is 0.0976. The van der Waals surface area contributed by atoms with E-state index in [4.69, 9.17) is 5.73 Å². The number of nitrogens with two attached hydrogens (primary N) is 1. The van der Waals surface area contributed by atoms with E-state index in [-0.39, 0.29) is 11.4 Å². The van der Waals surface area contributed by atoms with E-state index < -0.39 is 10.0 Å². The lowest BCUT2D eigenvalue weighted by molar-refractivity contribution is 0.358. The molecule has 0 fully saturated rings. The van der Waals surface area contributed by atoms with Crippen molar-refractivity contribution in [3.05, 3.63) is 11.4 Å². The molecule has 0 aromatic carbocycles. The van der Waals surface area contributed by atoms with Gasteiger partial charge in [0.1, 0.15) is 4.90 Å². The van der Waals surface area contributed by atoms with Crippen LogP contribution in [0.5, 0.6) is 0 Å². The number of rotatable bonds is 6. The lowest BCUT2D eigenvalue weighted by atomic mass is 10.4. The predicted molar refractivity (Wildman–Crippen MR) is 69.6 cm³/mol. The third-order valence-electron chi connectivity index (χ3n) is 2.68. The van der Waals surface area contributed by atoms with Crippen LogP contribution >= 0.6 is 0 Å². The van der Waals surface area contributed by atoms with Gasteiger partial charge in [0, 0.05) is 26.7 Å². The predicted octanol–water partition coefficient (Wildman–Crippen LogP) is -0.641. The Morgan fingerprint density at radius 3 is 2.39 bits per heavy atom. The van der Waals surface area contributed by atoms with Crippen LogP contribution in [-0.4, -0.2) is 62.1 Å². The van der Waals surface area contributed by atoms with Gasteiger partial charge in [-0.2, -0.15) is 9.40 Å². The SMILES string of the molecule is Cc1[nH]nc(CN)c1S(=O)(=O)N(C)CCN(C)C. The summed E-state index contributed by atoms with van der Waals surface area (Å²) in [5.41, 5.74) is 6.41. The molecule has 0 aliphatic rings. The smallest absolute Gasteiger partial charge is 0.246 e. The molecule has 1 aromatic heterocycles. The molecule has 0 saturated heterocycles. The van der Waals surface area contributed by atoms with Gasteiger partial charge in [0.05, 0.1) is 11.4 Å². The number of aromatic amines is 1. The third kappa shape index (κ3) is 3.08. The molecular formula is C10H21N5O2S. The van der Waals surface area contributed by atoms with Crippen molar-refractivity contribution in [2.45, 2.75) is 18.4 Å². The zero-order valence-corrected chi connectivity index (χ0v) is 12.1. The molecule has 0 spiro atoms. The number of aromatic nitrogens is 2. The fraction of sp³-hybridized carbons (Fsp3) is 0.700. The van der Waals surface area contributed by atoms with Crippen LogP contribution < -0.4 is 5.73 Å². The molecule has 0 aliphatic heterocycles. The van der Waals surface area contributed by atoms with Crippen LogP contribution in [0.25, 0.3) is 0 Å². The van der Waals surface area contributed by atoms with Crippen LogP contribution in [0, 0.1) is 6.92 Å². The topological polar surface area (TPSA) is 95.3 Å².